The van der Waals surface area contributed by atoms with Crippen LogP contribution in [0.15, 0.2) is 48.5 Å². The van der Waals surface area contributed by atoms with Gasteiger partial charge in [-0.05, 0) is 35.4 Å². The molecule has 0 heterocycles. The van der Waals surface area contributed by atoms with E-state index in [2.05, 4.69) is 0 Å². The van der Waals surface area contributed by atoms with Crippen LogP contribution in [0, 0.1) is 0 Å². The molecule has 2 aromatic carbocycles. The van der Waals surface area contributed by atoms with E-state index >= 15 is 0 Å². The standard InChI is InChI=1S/C19H20Cl2O3/c1-23-15-7-3-13(4-8-15)17(11-20)19(22)18(12-21)14-5-9-16(24-2)10-6-14/h3-10,17-18H,11-12H2,1-2H3. The number of Topliss-reactive ketones (excluding diaryl/α,β-unsaturated/α-hetero) is 1. The molecular formula is C19H20Cl2O3. The maximum atomic E-state index is 13.0. The SMILES string of the molecule is COc1ccc(C(CCl)C(=O)C(CCl)c2ccc(OC)cc2)cc1. The van der Waals surface area contributed by atoms with Crippen molar-refractivity contribution in [3.05, 3.63) is 59.7 Å². The lowest BCUT2D eigenvalue weighted by Crippen LogP contribution is -2.23. The Kier molecular flexibility index (Phi) is 6.95. The number of carbonyl (C=O) groups excluding carboxylic acids is 1. The Labute approximate surface area is 152 Å². The molecular weight excluding hydrogens is 347 g/mol. The van der Waals surface area contributed by atoms with Gasteiger partial charge in [-0.3, -0.25) is 4.79 Å². The summed E-state index contributed by atoms with van der Waals surface area (Å²) in [4.78, 5) is 13.0. The highest BCUT2D eigenvalue weighted by atomic mass is 35.5. The highest BCUT2D eigenvalue weighted by Crippen LogP contribution is 2.30. The molecule has 24 heavy (non-hydrogen) atoms. The van der Waals surface area contributed by atoms with Gasteiger partial charge in [0.2, 0.25) is 0 Å². The van der Waals surface area contributed by atoms with E-state index in [1.165, 1.54) is 0 Å². The predicted octanol–water partition coefficient (Wildman–Crippen LogP) is 4.62. The molecule has 0 aliphatic rings. The summed E-state index contributed by atoms with van der Waals surface area (Å²) < 4.78 is 10.3. The van der Waals surface area contributed by atoms with Crippen LogP contribution in [0.25, 0.3) is 0 Å². The Morgan fingerprint density at radius 1 is 0.792 bits per heavy atom. The number of methoxy groups -OCH3 is 2. The number of hydrogen-bond donors (Lipinski definition) is 0. The van der Waals surface area contributed by atoms with Gasteiger partial charge in [-0.1, -0.05) is 24.3 Å². The fourth-order valence-electron chi connectivity index (χ4n) is 2.57. The van der Waals surface area contributed by atoms with E-state index in [1.54, 1.807) is 14.2 Å². The number of ether oxygens (including phenoxy) is 2. The summed E-state index contributed by atoms with van der Waals surface area (Å²) >= 11 is 12.2. The van der Waals surface area contributed by atoms with E-state index in [4.69, 9.17) is 32.7 Å². The molecule has 2 rings (SSSR count). The molecule has 0 aliphatic carbocycles. The van der Waals surface area contributed by atoms with Crippen LogP contribution in [0.5, 0.6) is 11.5 Å². The summed E-state index contributed by atoms with van der Waals surface area (Å²) in [5.74, 6) is 1.07. The first-order chi connectivity index (χ1) is 11.6. The Morgan fingerprint density at radius 3 is 1.38 bits per heavy atom. The van der Waals surface area contributed by atoms with E-state index in [0.29, 0.717) is 0 Å². The lowest BCUT2D eigenvalue weighted by atomic mass is 9.85. The topological polar surface area (TPSA) is 35.5 Å². The number of halogens is 2. The quantitative estimate of drug-likeness (QED) is 0.639. The van der Waals surface area contributed by atoms with Crippen molar-refractivity contribution >= 4 is 29.0 Å². The van der Waals surface area contributed by atoms with E-state index in [1.807, 2.05) is 48.5 Å². The molecule has 0 N–H and O–H groups in total. The van der Waals surface area contributed by atoms with Crippen LogP contribution in [0.4, 0.5) is 0 Å². The predicted molar refractivity (Wildman–Crippen MR) is 97.9 cm³/mol. The van der Waals surface area contributed by atoms with Gasteiger partial charge < -0.3 is 9.47 Å². The molecule has 0 aromatic heterocycles. The highest BCUT2D eigenvalue weighted by Gasteiger charge is 2.28. The Balaban J connectivity index is 2.25. The summed E-state index contributed by atoms with van der Waals surface area (Å²) in [6, 6.07) is 14.8. The largest absolute Gasteiger partial charge is 0.497 e. The molecule has 0 amide bonds. The second-order valence-corrected chi connectivity index (χ2v) is 5.98. The molecule has 0 fully saturated rings. The number of benzene rings is 2. The monoisotopic (exact) mass is 366 g/mol. The van der Waals surface area contributed by atoms with Crippen molar-refractivity contribution in [2.45, 2.75) is 11.8 Å². The minimum absolute atomic E-state index is 0.00957. The van der Waals surface area contributed by atoms with Gasteiger partial charge in [0.25, 0.3) is 0 Å². The van der Waals surface area contributed by atoms with Crippen molar-refractivity contribution in [3.8, 4) is 11.5 Å². The molecule has 0 bridgehead atoms. The summed E-state index contributed by atoms with van der Waals surface area (Å²) in [5, 5.41) is 0. The summed E-state index contributed by atoms with van der Waals surface area (Å²) in [7, 11) is 3.21. The third-order valence-electron chi connectivity index (χ3n) is 4.03. The third-order valence-corrected chi connectivity index (χ3v) is 4.65. The summed E-state index contributed by atoms with van der Waals surface area (Å²) in [6.07, 6.45) is 0. The minimum atomic E-state index is -0.413. The maximum absolute atomic E-state index is 13.0. The van der Waals surface area contributed by atoms with Gasteiger partial charge in [0.1, 0.15) is 17.3 Å². The first-order valence-corrected chi connectivity index (χ1v) is 8.65. The summed E-state index contributed by atoms with van der Waals surface area (Å²) in [6.45, 7) is 0. The van der Waals surface area contributed by atoms with Gasteiger partial charge in [0.05, 0.1) is 26.1 Å². The third kappa shape index (κ3) is 4.22. The van der Waals surface area contributed by atoms with Gasteiger partial charge in [-0.15, -0.1) is 23.2 Å². The lowest BCUT2D eigenvalue weighted by Gasteiger charge is -2.20. The molecule has 128 valence electrons. The second kappa shape index (κ2) is 8.95. The molecule has 0 saturated heterocycles. The van der Waals surface area contributed by atoms with E-state index in [-0.39, 0.29) is 17.5 Å². The zero-order valence-electron chi connectivity index (χ0n) is 13.7. The molecule has 2 unspecified atom stereocenters. The number of alkyl halides is 2. The van der Waals surface area contributed by atoms with Crippen molar-refractivity contribution in [1.82, 2.24) is 0 Å². The van der Waals surface area contributed by atoms with Gasteiger partial charge in [-0.2, -0.15) is 0 Å². The normalized spacial score (nSPS) is 13.2. The van der Waals surface area contributed by atoms with Crippen LogP contribution in [-0.2, 0) is 4.79 Å². The van der Waals surface area contributed by atoms with Crippen LogP contribution in [0.3, 0.4) is 0 Å². The molecule has 0 radical (unpaired) electrons. The average Bonchev–Trinajstić information content (AvgIpc) is 2.64. The van der Waals surface area contributed by atoms with Crippen molar-refractivity contribution in [2.75, 3.05) is 26.0 Å². The zero-order valence-corrected chi connectivity index (χ0v) is 15.2. The first-order valence-electron chi connectivity index (χ1n) is 7.58. The molecule has 0 spiro atoms. The summed E-state index contributed by atoms with van der Waals surface area (Å²) in [5.41, 5.74) is 1.72. The number of hydrogen-bond acceptors (Lipinski definition) is 3. The van der Waals surface area contributed by atoms with Gasteiger partial charge >= 0.3 is 0 Å². The van der Waals surface area contributed by atoms with Crippen LogP contribution >= 0.6 is 23.2 Å². The van der Waals surface area contributed by atoms with Crippen molar-refractivity contribution in [3.63, 3.8) is 0 Å². The Hall–Kier alpha value is -1.71. The first kappa shape index (κ1) is 18.6. The van der Waals surface area contributed by atoms with Crippen LogP contribution in [0.1, 0.15) is 23.0 Å². The zero-order chi connectivity index (χ0) is 17.5. The van der Waals surface area contributed by atoms with E-state index in [9.17, 15) is 4.79 Å². The number of carbonyl (C=O) groups is 1. The molecule has 5 heteroatoms. The van der Waals surface area contributed by atoms with E-state index < -0.39 is 11.8 Å². The molecule has 3 nitrogen and oxygen atoms in total. The van der Waals surface area contributed by atoms with Crippen molar-refractivity contribution in [1.29, 1.82) is 0 Å². The van der Waals surface area contributed by atoms with Crippen molar-refractivity contribution < 1.29 is 14.3 Å². The van der Waals surface area contributed by atoms with Gasteiger partial charge in [0, 0.05) is 11.8 Å². The smallest absolute Gasteiger partial charge is 0.150 e. The maximum Gasteiger partial charge on any atom is 0.150 e. The number of ketones is 1. The molecule has 0 aliphatic heterocycles. The Morgan fingerprint density at radius 2 is 1.12 bits per heavy atom. The molecule has 2 atom stereocenters. The minimum Gasteiger partial charge on any atom is -0.497 e. The fourth-order valence-corrected chi connectivity index (χ4v) is 3.23. The fraction of sp³-hybridized carbons (Fsp3) is 0.316. The van der Waals surface area contributed by atoms with Gasteiger partial charge in [-0.25, -0.2) is 0 Å². The Bertz CT molecular complexity index is 596. The van der Waals surface area contributed by atoms with E-state index in [0.717, 1.165) is 22.6 Å². The highest BCUT2D eigenvalue weighted by molar-refractivity contribution is 6.22. The van der Waals surface area contributed by atoms with Crippen LogP contribution in [-0.4, -0.2) is 31.8 Å². The van der Waals surface area contributed by atoms with Gasteiger partial charge in [0.15, 0.2) is 0 Å². The van der Waals surface area contributed by atoms with Crippen molar-refractivity contribution in [2.24, 2.45) is 0 Å². The molecule has 0 saturated carbocycles. The average molecular weight is 367 g/mol. The molecule has 2 aromatic rings. The second-order valence-electron chi connectivity index (χ2n) is 5.36. The lowest BCUT2D eigenvalue weighted by molar-refractivity contribution is -0.121. The van der Waals surface area contributed by atoms with Crippen LogP contribution < -0.4 is 9.47 Å². The van der Waals surface area contributed by atoms with Crippen LogP contribution in [0.2, 0.25) is 0 Å². The number of rotatable bonds is 8.